The van der Waals surface area contributed by atoms with Crippen LogP contribution in [0.15, 0.2) is 52.9 Å². The van der Waals surface area contributed by atoms with Crippen LogP contribution in [0.2, 0.25) is 5.02 Å². The molecule has 0 aliphatic rings. The number of aryl methyl sites for hydroxylation is 2. The maximum atomic E-state index is 13.8. The molecule has 0 spiro atoms. The van der Waals surface area contributed by atoms with Crippen molar-refractivity contribution in [2.75, 3.05) is 5.32 Å². The summed E-state index contributed by atoms with van der Waals surface area (Å²) in [4.78, 5) is 12.2. The highest BCUT2D eigenvalue weighted by Gasteiger charge is 2.14. The second-order valence-electron chi connectivity index (χ2n) is 5.88. The first-order chi connectivity index (χ1) is 12.4. The third-order valence-corrected chi connectivity index (χ3v) is 4.08. The molecule has 6 heteroatoms. The number of nitrogens with one attached hydrogen (secondary N) is 1. The number of rotatable bonds is 5. The van der Waals surface area contributed by atoms with Gasteiger partial charge in [0.25, 0.3) is 5.91 Å². The van der Waals surface area contributed by atoms with Gasteiger partial charge in [-0.15, -0.1) is 0 Å². The molecule has 4 nitrogen and oxygen atoms in total. The van der Waals surface area contributed by atoms with Crippen molar-refractivity contribution in [3.63, 3.8) is 0 Å². The van der Waals surface area contributed by atoms with Crippen LogP contribution in [-0.2, 0) is 6.61 Å². The Morgan fingerprint density at radius 2 is 2.00 bits per heavy atom. The van der Waals surface area contributed by atoms with Crippen LogP contribution in [0.1, 0.15) is 27.4 Å². The molecule has 0 bridgehead atoms. The van der Waals surface area contributed by atoms with E-state index in [-0.39, 0.29) is 18.1 Å². The van der Waals surface area contributed by atoms with Crippen LogP contribution < -0.4 is 10.1 Å². The number of anilines is 1. The van der Waals surface area contributed by atoms with Gasteiger partial charge in [0.2, 0.25) is 0 Å². The molecule has 1 heterocycles. The van der Waals surface area contributed by atoms with Crippen LogP contribution in [0, 0.1) is 19.7 Å². The zero-order chi connectivity index (χ0) is 18.7. The van der Waals surface area contributed by atoms with Crippen molar-refractivity contribution in [2.24, 2.45) is 0 Å². The van der Waals surface area contributed by atoms with E-state index in [0.717, 1.165) is 11.1 Å². The Bertz CT molecular complexity index is 932. The summed E-state index contributed by atoms with van der Waals surface area (Å²) in [6, 6.07) is 13.1. The SMILES string of the molecule is Cc1ccc(F)c(NC(=O)c2ccc(COc3c(C)cccc3Cl)o2)c1. The van der Waals surface area contributed by atoms with Gasteiger partial charge in [-0.2, -0.15) is 0 Å². The molecule has 3 rings (SSSR count). The molecule has 2 aromatic carbocycles. The molecule has 0 saturated carbocycles. The predicted octanol–water partition coefficient (Wildman–Crippen LogP) is 5.52. The first-order valence-electron chi connectivity index (χ1n) is 7.98. The summed E-state index contributed by atoms with van der Waals surface area (Å²) >= 11 is 6.11. The van der Waals surface area contributed by atoms with Gasteiger partial charge in [-0.1, -0.05) is 29.8 Å². The van der Waals surface area contributed by atoms with Crippen molar-refractivity contribution in [1.82, 2.24) is 0 Å². The molecule has 0 saturated heterocycles. The quantitative estimate of drug-likeness (QED) is 0.640. The third kappa shape index (κ3) is 4.06. The Morgan fingerprint density at radius 1 is 1.19 bits per heavy atom. The van der Waals surface area contributed by atoms with Gasteiger partial charge in [-0.25, -0.2) is 4.39 Å². The van der Waals surface area contributed by atoms with E-state index in [0.29, 0.717) is 16.5 Å². The first kappa shape index (κ1) is 18.0. The number of para-hydroxylation sites is 1. The average Bonchev–Trinajstić information content (AvgIpc) is 3.07. The number of carbonyl (C=O) groups is 1. The van der Waals surface area contributed by atoms with Crippen LogP contribution in [0.5, 0.6) is 5.75 Å². The molecule has 1 amide bonds. The van der Waals surface area contributed by atoms with E-state index in [1.165, 1.54) is 12.1 Å². The van der Waals surface area contributed by atoms with Gasteiger partial charge < -0.3 is 14.5 Å². The zero-order valence-corrected chi connectivity index (χ0v) is 15.1. The highest BCUT2D eigenvalue weighted by Crippen LogP contribution is 2.29. The van der Waals surface area contributed by atoms with Gasteiger partial charge in [0.1, 0.15) is 23.9 Å². The van der Waals surface area contributed by atoms with Crippen molar-refractivity contribution in [3.05, 3.63) is 82.0 Å². The highest BCUT2D eigenvalue weighted by atomic mass is 35.5. The van der Waals surface area contributed by atoms with E-state index in [1.807, 2.05) is 26.0 Å². The van der Waals surface area contributed by atoms with Gasteiger partial charge in [0.05, 0.1) is 10.7 Å². The number of hydrogen-bond acceptors (Lipinski definition) is 3. The second kappa shape index (κ2) is 7.62. The summed E-state index contributed by atoms with van der Waals surface area (Å²) in [5, 5.41) is 3.01. The molecule has 134 valence electrons. The van der Waals surface area contributed by atoms with Crippen molar-refractivity contribution < 1.29 is 18.3 Å². The minimum Gasteiger partial charge on any atom is -0.484 e. The minimum absolute atomic E-state index is 0.0698. The first-order valence-corrected chi connectivity index (χ1v) is 8.36. The van der Waals surface area contributed by atoms with E-state index in [1.54, 1.807) is 24.3 Å². The largest absolute Gasteiger partial charge is 0.484 e. The van der Waals surface area contributed by atoms with E-state index >= 15 is 0 Å². The summed E-state index contributed by atoms with van der Waals surface area (Å²) < 4.78 is 24.9. The number of amides is 1. The van der Waals surface area contributed by atoms with Gasteiger partial charge in [-0.3, -0.25) is 4.79 Å². The lowest BCUT2D eigenvalue weighted by atomic mass is 10.2. The monoisotopic (exact) mass is 373 g/mol. The lowest BCUT2D eigenvalue weighted by Crippen LogP contribution is -2.12. The Hall–Kier alpha value is -2.79. The number of halogens is 2. The van der Waals surface area contributed by atoms with Gasteiger partial charge in [0.15, 0.2) is 5.76 Å². The summed E-state index contributed by atoms with van der Waals surface area (Å²) in [5.74, 6) is 0.0564. The van der Waals surface area contributed by atoms with E-state index in [9.17, 15) is 9.18 Å². The molecular formula is C20H17ClFNO3. The van der Waals surface area contributed by atoms with Crippen molar-refractivity contribution in [1.29, 1.82) is 0 Å². The lowest BCUT2D eigenvalue weighted by molar-refractivity contribution is 0.0992. The molecule has 0 radical (unpaired) electrons. The maximum Gasteiger partial charge on any atom is 0.291 e. The molecule has 26 heavy (non-hydrogen) atoms. The Balaban J connectivity index is 1.67. The van der Waals surface area contributed by atoms with Crippen LogP contribution in [0.3, 0.4) is 0 Å². The summed E-state index contributed by atoms with van der Waals surface area (Å²) in [6.07, 6.45) is 0. The highest BCUT2D eigenvalue weighted by molar-refractivity contribution is 6.32. The Labute approximate surface area is 155 Å². The summed E-state index contributed by atoms with van der Waals surface area (Å²) in [7, 11) is 0. The predicted molar refractivity (Wildman–Crippen MR) is 98.3 cm³/mol. The van der Waals surface area contributed by atoms with Crippen molar-refractivity contribution in [2.45, 2.75) is 20.5 Å². The molecule has 0 fully saturated rings. The second-order valence-corrected chi connectivity index (χ2v) is 6.29. The summed E-state index contributed by atoms with van der Waals surface area (Å²) in [5.41, 5.74) is 1.85. The number of furan rings is 1. The molecule has 0 aliphatic carbocycles. The van der Waals surface area contributed by atoms with Crippen molar-refractivity contribution >= 4 is 23.2 Å². The van der Waals surface area contributed by atoms with Crippen LogP contribution >= 0.6 is 11.6 Å². The van der Waals surface area contributed by atoms with E-state index in [4.69, 9.17) is 20.8 Å². The van der Waals surface area contributed by atoms with E-state index in [2.05, 4.69) is 5.32 Å². The fraction of sp³-hybridized carbons (Fsp3) is 0.150. The maximum absolute atomic E-state index is 13.8. The molecule has 0 atom stereocenters. The molecule has 1 N–H and O–H groups in total. The smallest absolute Gasteiger partial charge is 0.291 e. The third-order valence-electron chi connectivity index (χ3n) is 3.78. The number of ether oxygens (including phenoxy) is 1. The van der Waals surface area contributed by atoms with Gasteiger partial charge in [-0.05, 0) is 55.3 Å². The topological polar surface area (TPSA) is 51.5 Å². The van der Waals surface area contributed by atoms with Crippen LogP contribution in [-0.4, -0.2) is 5.91 Å². The fourth-order valence-electron chi connectivity index (χ4n) is 2.44. The fourth-order valence-corrected chi connectivity index (χ4v) is 2.72. The number of hydrogen-bond donors (Lipinski definition) is 1. The van der Waals surface area contributed by atoms with Gasteiger partial charge in [0, 0.05) is 0 Å². The number of benzene rings is 2. The Morgan fingerprint density at radius 3 is 2.77 bits per heavy atom. The summed E-state index contributed by atoms with van der Waals surface area (Å²) in [6.45, 7) is 3.82. The zero-order valence-electron chi connectivity index (χ0n) is 14.3. The van der Waals surface area contributed by atoms with Crippen LogP contribution in [0.4, 0.5) is 10.1 Å². The minimum atomic E-state index is -0.533. The lowest BCUT2D eigenvalue weighted by Gasteiger charge is -2.09. The van der Waals surface area contributed by atoms with Gasteiger partial charge >= 0.3 is 0 Å². The van der Waals surface area contributed by atoms with E-state index < -0.39 is 11.7 Å². The molecule has 0 unspecified atom stereocenters. The number of carbonyl (C=O) groups excluding carboxylic acids is 1. The average molecular weight is 374 g/mol. The van der Waals surface area contributed by atoms with Crippen molar-refractivity contribution in [3.8, 4) is 5.75 Å². The molecule has 3 aromatic rings. The molecule has 1 aromatic heterocycles. The molecular weight excluding hydrogens is 357 g/mol. The van der Waals surface area contributed by atoms with Crippen LogP contribution in [0.25, 0.3) is 0 Å². The Kier molecular flexibility index (Phi) is 5.28. The standard InChI is InChI=1S/C20H17ClFNO3/c1-12-6-8-16(22)17(10-12)23-20(24)18-9-7-14(26-18)11-25-19-13(2)4-3-5-15(19)21/h3-10H,11H2,1-2H3,(H,23,24). The normalized spacial score (nSPS) is 10.6. The molecule has 0 aliphatic heterocycles.